The molecule has 2 saturated heterocycles. The number of carbonyl (C=O) groups excluding carboxylic acids is 3. The Morgan fingerprint density at radius 3 is 2.83 bits per heavy atom. The first-order valence-corrected chi connectivity index (χ1v) is 14.9. The maximum atomic E-state index is 14.1. The Labute approximate surface area is 243 Å². The van der Waals surface area contributed by atoms with Crippen molar-refractivity contribution in [3.05, 3.63) is 60.1 Å². The Hall–Kier alpha value is -4.18. The highest BCUT2D eigenvalue weighted by atomic mass is 16.5. The molecule has 4 aromatic rings. The van der Waals surface area contributed by atoms with Crippen LogP contribution in [0, 0.1) is 17.8 Å². The summed E-state index contributed by atoms with van der Waals surface area (Å²) in [5.74, 6) is 0.389. The average molecular weight is 570 g/mol. The van der Waals surface area contributed by atoms with E-state index >= 15 is 0 Å². The number of likely N-dealkylation sites (tertiary alicyclic amines) is 1. The topological polar surface area (TPSA) is 130 Å². The highest BCUT2D eigenvalue weighted by Crippen LogP contribution is 2.43. The first kappa shape index (κ1) is 26.7. The number of ketones is 1. The summed E-state index contributed by atoms with van der Waals surface area (Å²) in [4.78, 5) is 51.2. The number of aromatic amines is 1. The van der Waals surface area contributed by atoms with Gasteiger partial charge in [0, 0.05) is 17.4 Å². The van der Waals surface area contributed by atoms with Gasteiger partial charge in [-0.15, -0.1) is 0 Å². The molecule has 10 nitrogen and oxygen atoms in total. The van der Waals surface area contributed by atoms with E-state index in [4.69, 9.17) is 9.15 Å². The van der Waals surface area contributed by atoms with Crippen LogP contribution >= 0.6 is 0 Å². The molecule has 5 atom stereocenters. The first-order chi connectivity index (χ1) is 20.5. The average Bonchev–Trinajstić information content (AvgIpc) is 3.82. The van der Waals surface area contributed by atoms with E-state index in [-0.39, 0.29) is 41.2 Å². The molecule has 4 heterocycles. The second-order valence-corrected chi connectivity index (χ2v) is 11.9. The molecule has 7 rings (SSSR count). The number of hydrogen-bond donors (Lipinski definition) is 3. The number of oxazole rings is 1. The molecule has 0 bridgehead atoms. The number of carbonyl (C=O) groups is 3. The molecule has 3 aliphatic rings. The highest BCUT2D eigenvalue weighted by molar-refractivity contribution is 6.03. The number of rotatable bonds is 8. The fraction of sp³-hybridized carbons (Fsp3) is 0.438. The zero-order valence-corrected chi connectivity index (χ0v) is 23.6. The van der Waals surface area contributed by atoms with Gasteiger partial charge < -0.3 is 29.7 Å². The van der Waals surface area contributed by atoms with Gasteiger partial charge >= 0.3 is 0 Å². The SMILES string of the molecule is COc1cccc2[nH]c(C(=O)N3C[C@@H]4CCC[C@@H]4[C@H]3C(=O)NC(C[C@@H]3CCNC3)C(=O)c3nc4ccccc4o3)cc12. The minimum Gasteiger partial charge on any atom is -0.496 e. The van der Waals surface area contributed by atoms with Crippen molar-refractivity contribution in [2.45, 2.75) is 44.2 Å². The number of nitrogens with zero attached hydrogens (tertiary/aromatic N) is 2. The lowest BCUT2D eigenvalue weighted by molar-refractivity contribution is -0.126. The molecule has 1 saturated carbocycles. The predicted molar refractivity (Wildman–Crippen MR) is 156 cm³/mol. The smallest absolute Gasteiger partial charge is 0.271 e. The van der Waals surface area contributed by atoms with Crippen molar-refractivity contribution in [2.75, 3.05) is 26.7 Å². The third-order valence-electron chi connectivity index (χ3n) is 9.36. The van der Waals surface area contributed by atoms with Crippen LogP contribution in [0.4, 0.5) is 0 Å². The minimum atomic E-state index is -0.801. The molecule has 2 aliphatic heterocycles. The second kappa shape index (κ2) is 10.9. The van der Waals surface area contributed by atoms with Crippen molar-refractivity contribution in [1.82, 2.24) is 25.5 Å². The molecule has 3 N–H and O–H groups in total. The number of Topliss-reactive ketones (excluding diaryl/α,β-unsaturated/α-hetero) is 1. The Kier molecular flexibility index (Phi) is 6.93. The molecular formula is C32H35N5O5. The van der Waals surface area contributed by atoms with Gasteiger partial charge in [0.2, 0.25) is 11.7 Å². The van der Waals surface area contributed by atoms with Crippen LogP contribution in [-0.4, -0.2) is 71.3 Å². The van der Waals surface area contributed by atoms with Crippen LogP contribution in [0.2, 0.25) is 0 Å². The number of methoxy groups -OCH3 is 1. The number of ether oxygens (including phenoxy) is 1. The fourth-order valence-corrected chi connectivity index (χ4v) is 7.29. The summed E-state index contributed by atoms with van der Waals surface area (Å²) < 4.78 is 11.3. The predicted octanol–water partition coefficient (Wildman–Crippen LogP) is 3.93. The van der Waals surface area contributed by atoms with E-state index < -0.39 is 12.1 Å². The van der Waals surface area contributed by atoms with Gasteiger partial charge in [-0.05, 0) is 86.9 Å². The van der Waals surface area contributed by atoms with Crippen LogP contribution in [0.1, 0.15) is 53.3 Å². The third kappa shape index (κ3) is 4.73. The molecule has 2 amide bonds. The van der Waals surface area contributed by atoms with E-state index in [1.807, 2.05) is 30.3 Å². The van der Waals surface area contributed by atoms with Crippen molar-refractivity contribution in [3.8, 4) is 5.75 Å². The summed E-state index contributed by atoms with van der Waals surface area (Å²) in [6.07, 6.45) is 4.30. The van der Waals surface area contributed by atoms with Gasteiger partial charge in [-0.1, -0.05) is 24.6 Å². The van der Waals surface area contributed by atoms with E-state index in [0.29, 0.717) is 35.5 Å². The maximum Gasteiger partial charge on any atom is 0.271 e. The molecule has 2 aromatic heterocycles. The lowest BCUT2D eigenvalue weighted by Crippen LogP contribution is -2.53. The Balaban J connectivity index is 1.17. The van der Waals surface area contributed by atoms with Gasteiger partial charge in [-0.3, -0.25) is 14.4 Å². The highest BCUT2D eigenvalue weighted by Gasteiger charge is 2.50. The van der Waals surface area contributed by atoms with Gasteiger partial charge in [-0.25, -0.2) is 4.98 Å². The second-order valence-electron chi connectivity index (χ2n) is 11.9. The van der Waals surface area contributed by atoms with Crippen molar-refractivity contribution >= 4 is 39.6 Å². The number of benzene rings is 2. The van der Waals surface area contributed by atoms with E-state index in [1.165, 1.54) is 0 Å². The summed E-state index contributed by atoms with van der Waals surface area (Å²) in [5.41, 5.74) is 2.35. The molecule has 0 spiro atoms. The van der Waals surface area contributed by atoms with Gasteiger partial charge in [0.15, 0.2) is 5.58 Å². The zero-order chi connectivity index (χ0) is 28.8. The number of aromatic nitrogens is 2. The number of hydrogen-bond acceptors (Lipinski definition) is 7. The van der Waals surface area contributed by atoms with Gasteiger partial charge in [0.05, 0.1) is 13.2 Å². The summed E-state index contributed by atoms with van der Waals surface area (Å²) in [7, 11) is 1.60. The lowest BCUT2D eigenvalue weighted by Gasteiger charge is -2.29. The van der Waals surface area contributed by atoms with Crippen LogP contribution in [0.15, 0.2) is 52.9 Å². The molecule has 1 unspecified atom stereocenters. The van der Waals surface area contributed by atoms with E-state index in [2.05, 4.69) is 20.6 Å². The Morgan fingerprint density at radius 2 is 2.02 bits per heavy atom. The summed E-state index contributed by atoms with van der Waals surface area (Å²) >= 11 is 0. The largest absolute Gasteiger partial charge is 0.496 e. The number of H-pyrrole nitrogens is 1. The third-order valence-corrected chi connectivity index (χ3v) is 9.36. The molecule has 42 heavy (non-hydrogen) atoms. The first-order valence-electron chi connectivity index (χ1n) is 14.9. The van der Waals surface area contributed by atoms with Gasteiger partial charge in [0.1, 0.15) is 23.0 Å². The number of amides is 2. The summed E-state index contributed by atoms with van der Waals surface area (Å²) in [5, 5.41) is 7.25. The normalized spacial score (nSPS) is 24.3. The van der Waals surface area contributed by atoms with Gasteiger partial charge in [0.25, 0.3) is 11.8 Å². The van der Waals surface area contributed by atoms with E-state index in [0.717, 1.165) is 49.7 Å². The maximum absolute atomic E-state index is 14.1. The molecule has 1 aliphatic carbocycles. The van der Waals surface area contributed by atoms with Crippen molar-refractivity contribution in [1.29, 1.82) is 0 Å². The molecule has 2 aromatic carbocycles. The lowest BCUT2D eigenvalue weighted by atomic mass is 9.92. The number of fused-ring (bicyclic) bond motifs is 3. The fourth-order valence-electron chi connectivity index (χ4n) is 7.29. The number of nitrogens with one attached hydrogen (secondary N) is 3. The van der Waals surface area contributed by atoms with Gasteiger partial charge in [-0.2, -0.15) is 0 Å². The summed E-state index contributed by atoms with van der Waals surface area (Å²) in [6, 6.07) is 13.2. The molecule has 10 heteroatoms. The van der Waals surface area contributed by atoms with Crippen molar-refractivity contribution in [3.63, 3.8) is 0 Å². The Morgan fingerprint density at radius 1 is 1.14 bits per heavy atom. The van der Waals surface area contributed by atoms with Crippen LogP contribution in [-0.2, 0) is 4.79 Å². The zero-order valence-electron chi connectivity index (χ0n) is 23.6. The van der Waals surface area contributed by atoms with Crippen LogP contribution < -0.4 is 15.4 Å². The van der Waals surface area contributed by atoms with Crippen molar-refractivity contribution in [2.24, 2.45) is 17.8 Å². The Bertz CT molecular complexity index is 1620. The van der Waals surface area contributed by atoms with Crippen LogP contribution in [0.25, 0.3) is 22.0 Å². The van der Waals surface area contributed by atoms with Crippen LogP contribution in [0.5, 0.6) is 5.75 Å². The van der Waals surface area contributed by atoms with E-state index in [9.17, 15) is 14.4 Å². The number of para-hydroxylation sites is 2. The summed E-state index contributed by atoms with van der Waals surface area (Å²) in [6.45, 7) is 2.19. The quantitative estimate of drug-likeness (QED) is 0.274. The van der Waals surface area contributed by atoms with E-state index in [1.54, 1.807) is 30.2 Å². The van der Waals surface area contributed by atoms with Crippen molar-refractivity contribution < 1.29 is 23.5 Å². The standard InChI is InChI=1S/C32H35N5O5/c1-41-26-11-5-9-22-21(26)15-25(34-22)32(40)37-17-19-6-4-7-20(19)28(37)30(39)35-24(14-18-12-13-33-16-18)29(38)31-36-23-8-2-3-10-27(23)42-31/h2-3,5,8-11,15,18-20,24,28,33-34H,4,6-7,12-14,16-17H2,1H3,(H,35,39)/t18-,19-,20-,24?,28-/m0/s1. The minimum absolute atomic E-state index is 0.00224. The van der Waals surface area contributed by atoms with Crippen LogP contribution in [0.3, 0.4) is 0 Å². The molecule has 3 fully saturated rings. The monoisotopic (exact) mass is 569 g/mol. The molecule has 0 radical (unpaired) electrons. The molecule has 218 valence electrons. The molecular weight excluding hydrogens is 534 g/mol.